The zero-order valence-electron chi connectivity index (χ0n) is 10.8. The molecule has 18 heavy (non-hydrogen) atoms. The molecule has 0 radical (unpaired) electrons. The fraction of sp³-hybridized carbons (Fsp3) is 0.333. The van der Waals surface area contributed by atoms with Gasteiger partial charge in [-0.2, -0.15) is 5.10 Å². The molecule has 0 atom stereocenters. The molecule has 1 rings (SSSR count). The fourth-order valence-corrected chi connectivity index (χ4v) is 1.37. The van der Waals surface area contributed by atoms with Gasteiger partial charge in [0.15, 0.2) is 11.5 Å². The summed E-state index contributed by atoms with van der Waals surface area (Å²) in [5, 5.41) is 3.77. The number of methoxy groups -OCH3 is 3. The van der Waals surface area contributed by atoms with Gasteiger partial charge in [-0.1, -0.05) is 0 Å². The first kappa shape index (κ1) is 13.8. The van der Waals surface area contributed by atoms with Gasteiger partial charge in [-0.3, -0.25) is 4.79 Å². The highest BCUT2D eigenvalue weighted by atomic mass is 16.5. The van der Waals surface area contributed by atoms with Gasteiger partial charge in [0.25, 0.3) is 0 Å². The Bertz CT molecular complexity index is 432. The van der Waals surface area contributed by atoms with Gasteiger partial charge in [0, 0.05) is 12.5 Å². The van der Waals surface area contributed by atoms with Crippen molar-refractivity contribution in [3.63, 3.8) is 0 Å². The summed E-state index contributed by atoms with van der Waals surface area (Å²) in [6.45, 7) is 1.38. The first-order chi connectivity index (χ1) is 8.62. The third-order valence-electron chi connectivity index (χ3n) is 2.12. The van der Waals surface area contributed by atoms with Crippen LogP contribution in [0.15, 0.2) is 17.2 Å². The molecule has 0 aliphatic rings. The Morgan fingerprint density at radius 2 is 1.72 bits per heavy atom. The number of ether oxygens (including phenoxy) is 3. The van der Waals surface area contributed by atoms with Crippen molar-refractivity contribution in [2.75, 3.05) is 21.3 Å². The lowest BCUT2D eigenvalue weighted by atomic mass is 10.2. The highest BCUT2D eigenvalue weighted by molar-refractivity contribution is 5.83. The smallest absolute Gasteiger partial charge is 0.236 e. The van der Waals surface area contributed by atoms with E-state index < -0.39 is 0 Å². The lowest BCUT2D eigenvalue weighted by Gasteiger charge is -2.12. The SMILES string of the molecule is COc1cc(C=NNC(C)=O)cc(OC)c1OC. The van der Waals surface area contributed by atoms with Crippen molar-refractivity contribution in [1.82, 2.24) is 5.43 Å². The van der Waals surface area contributed by atoms with Crippen molar-refractivity contribution in [2.45, 2.75) is 6.92 Å². The zero-order valence-corrected chi connectivity index (χ0v) is 10.8. The molecular weight excluding hydrogens is 236 g/mol. The molecule has 0 bridgehead atoms. The standard InChI is InChI=1S/C12H16N2O4/c1-8(15)14-13-7-9-5-10(16-2)12(18-4)11(6-9)17-3/h5-7H,1-4H3,(H,14,15). The van der Waals surface area contributed by atoms with Gasteiger partial charge in [0.05, 0.1) is 27.5 Å². The quantitative estimate of drug-likeness (QED) is 0.631. The van der Waals surface area contributed by atoms with Gasteiger partial charge in [0.2, 0.25) is 11.7 Å². The second kappa shape index (κ2) is 6.48. The largest absolute Gasteiger partial charge is 0.493 e. The van der Waals surface area contributed by atoms with Gasteiger partial charge in [0.1, 0.15) is 0 Å². The Morgan fingerprint density at radius 3 is 2.11 bits per heavy atom. The van der Waals surface area contributed by atoms with Crippen LogP contribution in [0.3, 0.4) is 0 Å². The molecule has 1 aromatic rings. The number of carbonyl (C=O) groups is 1. The van der Waals surface area contributed by atoms with Crippen LogP contribution >= 0.6 is 0 Å². The Morgan fingerprint density at radius 1 is 1.17 bits per heavy atom. The molecule has 0 heterocycles. The van der Waals surface area contributed by atoms with Crippen molar-refractivity contribution in [3.05, 3.63) is 17.7 Å². The van der Waals surface area contributed by atoms with Crippen LogP contribution in [0, 0.1) is 0 Å². The number of carbonyl (C=O) groups excluding carboxylic acids is 1. The second-order valence-electron chi connectivity index (χ2n) is 3.38. The summed E-state index contributed by atoms with van der Waals surface area (Å²) in [6.07, 6.45) is 1.49. The van der Waals surface area contributed by atoms with Crippen LogP contribution in [0.1, 0.15) is 12.5 Å². The summed E-state index contributed by atoms with van der Waals surface area (Å²) in [4.78, 5) is 10.7. The number of benzene rings is 1. The Kier molecular flexibility index (Phi) is 4.98. The maximum Gasteiger partial charge on any atom is 0.236 e. The molecule has 1 amide bonds. The summed E-state index contributed by atoms with van der Waals surface area (Å²) < 4.78 is 15.6. The maximum atomic E-state index is 10.7. The first-order valence-electron chi connectivity index (χ1n) is 5.22. The summed E-state index contributed by atoms with van der Waals surface area (Å²) >= 11 is 0. The van der Waals surface area contributed by atoms with E-state index in [-0.39, 0.29) is 5.91 Å². The number of rotatable bonds is 5. The minimum atomic E-state index is -0.237. The molecular formula is C12H16N2O4. The molecule has 1 aromatic carbocycles. The van der Waals surface area contributed by atoms with E-state index in [0.29, 0.717) is 17.2 Å². The summed E-state index contributed by atoms with van der Waals surface area (Å²) in [7, 11) is 4.60. The number of nitrogens with zero attached hydrogens (tertiary/aromatic N) is 1. The van der Waals surface area contributed by atoms with E-state index in [1.807, 2.05) is 0 Å². The van der Waals surface area contributed by atoms with Crippen LogP contribution in [0.4, 0.5) is 0 Å². The van der Waals surface area contributed by atoms with Crippen LogP contribution in [-0.4, -0.2) is 33.5 Å². The molecule has 0 saturated carbocycles. The number of hydrogen-bond donors (Lipinski definition) is 1. The minimum Gasteiger partial charge on any atom is -0.493 e. The monoisotopic (exact) mass is 252 g/mol. The van der Waals surface area contributed by atoms with Crippen LogP contribution < -0.4 is 19.6 Å². The molecule has 1 N–H and O–H groups in total. The fourth-order valence-electron chi connectivity index (χ4n) is 1.37. The Labute approximate surface area is 106 Å². The lowest BCUT2D eigenvalue weighted by Crippen LogP contribution is -2.12. The predicted octanol–water partition coefficient (Wildman–Crippen LogP) is 1.18. The van der Waals surface area contributed by atoms with Crippen molar-refractivity contribution in [1.29, 1.82) is 0 Å². The van der Waals surface area contributed by atoms with E-state index in [9.17, 15) is 4.79 Å². The molecule has 0 unspecified atom stereocenters. The zero-order chi connectivity index (χ0) is 13.5. The van der Waals surface area contributed by atoms with Gasteiger partial charge >= 0.3 is 0 Å². The molecule has 98 valence electrons. The molecule has 0 aliphatic heterocycles. The summed E-state index contributed by atoms with van der Waals surface area (Å²) in [5.41, 5.74) is 3.04. The Hall–Kier alpha value is -2.24. The van der Waals surface area contributed by atoms with Gasteiger partial charge in [-0.15, -0.1) is 0 Å². The highest BCUT2D eigenvalue weighted by Gasteiger charge is 2.12. The lowest BCUT2D eigenvalue weighted by molar-refractivity contribution is -0.118. The third kappa shape index (κ3) is 3.38. The van der Waals surface area contributed by atoms with Gasteiger partial charge < -0.3 is 14.2 Å². The molecule has 0 aliphatic carbocycles. The van der Waals surface area contributed by atoms with Crippen molar-refractivity contribution in [2.24, 2.45) is 5.10 Å². The van der Waals surface area contributed by atoms with E-state index >= 15 is 0 Å². The number of amides is 1. The molecule has 0 aromatic heterocycles. The average Bonchev–Trinajstić information content (AvgIpc) is 2.36. The number of hydrazone groups is 1. The average molecular weight is 252 g/mol. The molecule has 0 spiro atoms. The third-order valence-corrected chi connectivity index (χ3v) is 2.12. The van der Waals surface area contributed by atoms with Crippen molar-refractivity contribution < 1.29 is 19.0 Å². The van der Waals surface area contributed by atoms with Crippen LogP contribution in [0.2, 0.25) is 0 Å². The maximum absolute atomic E-state index is 10.7. The molecule has 6 heteroatoms. The van der Waals surface area contributed by atoms with Gasteiger partial charge in [-0.05, 0) is 12.1 Å². The van der Waals surface area contributed by atoms with E-state index in [1.54, 1.807) is 12.1 Å². The topological polar surface area (TPSA) is 69.2 Å². The summed E-state index contributed by atoms with van der Waals surface area (Å²) in [5.74, 6) is 1.33. The van der Waals surface area contributed by atoms with Crippen LogP contribution in [-0.2, 0) is 4.79 Å². The molecule has 0 saturated heterocycles. The van der Waals surface area contributed by atoms with Crippen molar-refractivity contribution in [3.8, 4) is 17.2 Å². The minimum absolute atomic E-state index is 0.237. The predicted molar refractivity (Wildman–Crippen MR) is 67.5 cm³/mol. The van der Waals surface area contributed by atoms with Crippen LogP contribution in [0.5, 0.6) is 17.2 Å². The number of hydrogen-bond acceptors (Lipinski definition) is 5. The second-order valence-corrected chi connectivity index (χ2v) is 3.38. The normalized spacial score (nSPS) is 10.2. The van der Waals surface area contributed by atoms with Crippen molar-refractivity contribution >= 4 is 12.1 Å². The first-order valence-corrected chi connectivity index (χ1v) is 5.22. The summed E-state index contributed by atoms with van der Waals surface area (Å²) in [6, 6.07) is 3.46. The number of nitrogens with one attached hydrogen (secondary N) is 1. The van der Waals surface area contributed by atoms with E-state index in [1.165, 1.54) is 34.5 Å². The van der Waals surface area contributed by atoms with E-state index in [2.05, 4.69) is 10.5 Å². The van der Waals surface area contributed by atoms with Gasteiger partial charge in [-0.25, -0.2) is 5.43 Å². The Balaban J connectivity index is 3.07. The molecule has 6 nitrogen and oxygen atoms in total. The highest BCUT2D eigenvalue weighted by Crippen LogP contribution is 2.37. The van der Waals surface area contributed by atoms with E-state index in [0.717, 1.165) is 5.56 Å². The molecule has 0 fully saturated rings. The van der Waals surface area contributed by atoms with Crippen LogP contribution in [0.25, 0.3) is 0 Å². The van der Waals surface area contributed by atoms with E-state index in [4.69, 9.17) is 14.2 Å².